The lowest BCUT2D eigenvalue weighted by Crippen LogP contribution is -2.34. The number of nitrogens with zero attached hydrogens (tertiary/aromatic N) is 1. The van der Waals surface area contributed by atoms with Gasteiger partial charge in [-0.25, -0.2) is 4.98 Å². The maximum atomic E-state index is 12.3. The third-order valence-electron chi connectivity index (χ3n) is 3.45. The molecular weight excluding hydrogens is 284 g/mol. The van der Waals surface area contributed by atoms with Crippen LogP contribution in [-0.2, 0) is 0 Å². The molecule has 1 heterocycles. The number of carbonyl (C=O) groups excluding carboxylic acids is 1. The van der Waals surface area contributed by atoms with E-state index in [4.69, 9.17) is 5.11 Å². The number of aromatic nitrogens is 1. The smallest absolute Gasteiger partial charge is 0.271 e. The molecule has 0 radical (unpaired) electrons. The molecule has 2 rings (SSSR count). The Labute approximate surface area is 129 Å². The Morgan fingerprint density at radius 2 is 2.43 bits per heavy atom. The van der Waals surface area contributed by atoms with Crippen LogP contribution in [0.5, 0.6) is 0 Å². The molecule has 1 amide bonds. The molecule has 2 N–H and O–H groups in total. The average Bonchev–Trinajstić information content (AvgIpc) is 2.93. The van der Waals surface area contributed by atoms with Crippen LogP contribution in [0.2, 0.25) is 0 Å². The maximum absolute atomic E-state index is 12.3. The number of aliphatic hydroxyl groups excluding tert-OH is 1. The number of hydrogen-bond acceptors (Lipinski definition) is 4. The first-order chi connectivity index (χ1) is 10.2. The van der Waals surface area contributed by atoms with E-state index in [0.717, 1.165) is 25.0 Å². The zero-order valence-electron chi connectivity index (χ0n) is 12.1. The number of amides is 1. The molecule has 1 aliphatic carbocycles. The van der Waals surface area contributed by atoms with Crippen LogP contribution < -0.4 is 5.32 Å². The number of thioether (sulfide) groups is 1. The summed E-state index contributed by atoms with van der Waals surface area (Å²) in [6, 6.07) is 3.71. The topological polar surface area (TPSA) is 62.2 Å². The summed E-state index contributed by atoms with van der Waals surface area (Å²) >= 11 is 1.96. The van der Waals surface area contributed by atoms with E-state index in [-0.39, 0.29) is 18.6 Å². The number of carbonyl (C=O) groups is 1. The summed E-state index contributed by atoms with van der Waals surface area (Å²) in [4.78, 5) is 16.5. The number of rotatable bonds is 4. The molecule has 2 atom stereocenters. The van der Waals surface area contributed by atoms with Crippen LogP contribution in [0.4, 0.5) is 0 Å². The van der Waals surface area contributed by atoms with Crippen molar-refractivity contribution in [2.24, 2.45) is 0 Å². The lowest BCUT2D eigenvalue weighted by atomic mass is 10.1. The van der Waals surface area contributed by atoms with Crippen LogP contribution in [-0.4, -0.2) is 39.6 Å². The fraction of sp³-hybridized carbons (Fsp3) is 0.500. The third-order valence-corrected chi connectivity index (χ3v) is 4.68. The Morgan fingerprint density at radius 3 is 3.19 bits per heavy atom. The van der Waals surface area contributed by atoms with Crippen LogP contribution in [0.15, 0.2) is 18.3 Å². The highest BCUT2D eigenvalue weighted by molar-refractivity contribution is 7.99. The molecule has 21 heavy (non-hydrogen) atoms. The molecule has 1 aromatic heterocycles. The molecule has 0 spiro atoms. The Kier molecular flexibility index (Phi) is 6.09. The average molecular weight is 304 g/mol. The maximum Gasteiger partial charge on any atom is 0.271 e. The van der Waals surface area contributed by atoms with Crippen molar-refractivity contribution in [1.82, 2.24) is 10.3 Å². The second kappa shape index (κ2) is 8.06. The highest BCUT2D eigenvalue weighted by atomic mass is 32.2. The molecule has 1 saturated carbocycles. The number of aliphatic hydroxyl groups is 1. The summed E-state index contributed by atoms with van der Waals surface area (Å²) in [6.45, 7) is 1.94. The van der Waals surface area contributed by atoms with Gasteiger partial charge in [0.05, 0.1) is 5.56 Å². The van der Waals surface area contributed by atoms with E-state index in [0.29, 0.717) is 16.5 Å². The van der Waals surface area contributed by atoms with Crippen molar-refractivity contribution in [2.75, 3.05) is 12.4 Å². The van der Waals surface area contributed by atoms with Crippen LogP contribution in [0.3, 0.4) is 0 Å². The minimum Gasteiger partial charge on any atom is -0.384 e. The fourth-order valence-electron chi connectivity index (χ4n) is 2.53. The first-order valence-corrected chi connectivity index (χ1v) is 8.26. The van der Waals surface area contributed by atoms with E-state index in [1.54, 1.807) is 18.3 Å². The molecule has 1 fully saturated rings. The molecule has 4 nitrogen and oxygen atoms in total. The van der Waals surface area contributed by atoms with Gasteiger partial charge in [0.15, 0.2) is 0 Å². The first kappa shape index (κ1) is 15.9. The van der Waals surface area contributed by atoms with Crippen LogP contribution in [0, 0.1) is 11.8 Å². The van der Waals surface area contributed by atoms with Crippen molar-refractivity contribution in [3.63, 3.8) is 0 Å². The monoisotopic (exact) mass is 304 g/mol. The predicted octanol–water partition coefficient (Wildman–Crippen LogP) is 1.83. The lowest BCUT2D eigenvalue weighted by Gasteiger charge is -2.13. The highest BCUT2D eigenvalue weighted by Crippen LogP contribution is 2.29. The molecule has 1 aromatic rings. The van der Waals surface area contributed by atoms with Crippen molar-refractivity contribution in [3.05, 3.63) is 29.6 Å². The van der Waals surface area contributed by atoms with Crippen LogP contribution >= 0.6 is 11.8 Å². The Balaban J connectivity index is 2.01. The minimum atomic E-state index is -0.228. The second-order valence-electron chi connectivity index (χ2n) is 4.92. The summed E-state index contributed by atoms with van der Waals surface area (Å²) in [5.41, 5.74) is 0.895. The van der Waals surface area contributed by atoms with E-state index in [9.17, 15) is 4.79 Å². The zero-order valence-corrected chi connectivity index (χ0v) is 12.9. The summed E-state index contributed by atoms with van der Waals surface area (Å²) in [6.07, 6.45) is 4.79. The van der Waals surface area contributed by atoms with E-state index >= 15 is 0 Å². The van der Waals surface area contributed by atoms with Crippen molar-refractivity contribution in [3.8, 4) is 11.8 Å². The summed E-state index contributed by atoms with van der Waals surface area (Å²) < 4.78 is 0. The van der Waals surface area contributed by atoms with E-state index in [2.05, 4.69) is 29.1 Å². The number of pyridine rings is 1. The quantitative estimate of drug-likeness (QED) is 0.833. The van der Waals surface area contributed by atoms with Gasteiger partial charge in [0, 0.05) is 17.5 Å². The Morgan fingerprint density at radius 1 is 1.57 bits per heavy atom. The molecule has 0 aliphatic heterocycles. The molecule has 0 aromatic carbocycles. The van der Waals surface area contributed by atoms with E-state index in [1.807, 2.05) is 11.8 Å². The first-order valence-electron chi connectivity index (χ1n) is 7.21. The predicted molar refractivity (Wildman–Crippen MR) is 85.2 cm³/mol. The van der Waals surface area contributed by atoms with Gasteiger partial charge in [-0.15, -0.1) is 0 Å². The summed E-state index contributed by atoms with van der Waals surface area (Å²) in [5.74, 6) is 6.27. The van der Waals surface area contributed by atoms with Crippen molar-refractivity contribution < 1.29 is 9.90 Å². The van der Waals surface area contributed by atoms with Gasteiger partial charge in [-0.3, -0.25) is 4.79 Å². The van der Waals surface area contributed by atoms with E-state index in [1.165, 1.54) is 0 Å². The minimum absolute atomic E-state index is 0.176. The summed E-state index contributed by atoms with van der Waals surface area (Å²) in [7, 11) is 0. The molecular formula is C16H20N2O2S. The highest BCUT2D eigenvalue weighted by Gasteiger charge is 2.26. The number of nitrogens with one attached hydrogen (secondary N) is 1. The van der Waals surface area contributed by atoms with Crippen LogP contribution in [0.25, 0.3) is 0 Å². The molecule has 2 unspecified atom stereocenters. The van der Waals surface area contributed by atoms with E-state index < -0.39 is 0 Å². The second-order valence-corrected chi connectivity index (χ2v) is 6.50. The van der Waals surface area contributed by atoms with Gasteiger partial charge < -0.3 is 10.4 Å². The van der Waals surface area contributed by atoms with Gasteiger partial charge in [0.2, 0.25) is 0 Å². The standard InChI is InChI=1S/C16H20N2O2S/c1-2-21-14-8-7-13(11-14)18-16(20)15-12(6-4-10-19)5-3-9-17-15/h3,5,9,13-14,19H,2,7-8,10-11H2,1H3,(H,18,20). The summed E-state index contributed by atoms with van der Waals surface area (Å²) in [5, 5.41) is 12.5. The molecule has 5 heteroatoms. The largest absolute Gasteiger partial charge is 0.384 e. The van der Waals surface area contributed by atoms with Gasteiger partial charge in [0.1, 0.15) is 12.3 Å². The Hall–Kier alpha value is -1.51. The van der Waals surface area contributed by atoms with Gasteiger partial charge in [-0.1, -0.05) is 18.8 Å². The van der Waals surface area contributed by atoms with Gasteiger partial charge in [-0.05, 0) is 37.1 Å². The van der Waals surface area contributed by atoms with Gasteiger partial charge in [-0.2, -0.15) is 11.8 Å². The molecule has 0 bridgehead atoms. The third kappa shape index (κ3) is 4.48. The number of hydrogen-bond donors (Lipinski definition) is 2. The van der Waals surface area contributed by atoms with Crippen molar-refractivity contribution in [2.45, 2.75) is 37.5 Å². The van der Waals surface area contributed by atoms with Gasteiger partial charge in [0.25, 0.3) is 5.91 Å². The normalized spacial score (nSPS) is 20.7. The molecule has 0 saturated heterocycles. The fourth-order valence-corrected chi connectivity index (χ4v) is 3.68. The lowest BCUT2D eigenvalue weighted by molar-refractivity contribution is 0.0932. The zero-order chi connectivity index (χ0) is 15.1. The van der Waals surface area contributed by atoms with Crippen molar-refractivity contribution in [1.29, 1.82) is 0 Å². The van der Waals surface area contributed by atoms with Crippen LogP contribution in [0.1, 0.15) is 42.2 Å². The Bertz CT molecular complexity index is 551. The van der Waals surface area contributed by atoms with Crippen molar-refractivity contribution >= 4 is 17.7 Å². The SMILES string of the molecule is CCSC1CCC(NC(=O)c2ncccc2C#CCO)C1. The molecule has 1 aliphatic rings. The van der Waals surface area contributed by atoms with Gasteiger partial charge >= 0.3 is 0 Å². The molecule has 112 valence electrons.